The van der Waals surface area contributed by atoms with Crippen LogP contribution < -0.4 is 0 Å². The van der Waals surface area contributed by atoms with E-state index >= 15 is 0 Å². The molecule has 5 heteroatoms. The number of rotatable bonds is 2. The van der Waals surface area contributed by atoms with Gasteiger partial charge in [0.05, 0.1) is 12.6 Å². The zero-order valence-corrected chi connectivity index (χ0v) is 8.77. The van der Waals surface area contributed by atoms with Crippen LogP contribution in [0.2, 0.25) is 0 Å². The maximum Gasteiger partial charge on any atom is 0.272 e. The Bertz CT molecular complexity index is 397. The number of likely N-dealkylation sites (tertiary alicyclic amines) is 1. The lowest BCUT2D eigenvalue weighted by atomic mass is 10.2. The molecule has 0 radical (unpaired) electrons. The quantitative estimate of drug-likeness (QED) is 0.756. The molecule has 1 amide bonds. The maximum atomic E-state index is 12.9. The molecule has 0 unspecified atom stereocenters. The van der Waals surface area contributed by atoms with Gasteiger partial charge in [-0.05, 0) is 25.0 Å². The van der Waals surface area contributed by atoms with Crippen molar-refractivity contribution in [2.75, 3.05) is 13.2 Å². The van der Waals surface area contributed by atoms with Gasteiger partial charge in [0.2, 0.25) is 5.95 Å². The molecule has 1 fully saturated rings. The first-order chi connectivity index (χ1) is 7.72. The topological polar surface area (TPSA) is 53.4 Å². The number of aliphatic hydroxyl groups excluding tert-OH is 1. The molecule has 16 heavy (non-hydrogen) atoms. The molecular formula is C11H13FN2O2. The SMILES string of the molecule is O=C(c1cccc(F)n1)N1CCC[C@H]1CO. The lowest BCUT2D eigenvalue weighted by Crippen LogP contribution is -2.38. The van der Waals surface area contributed by atoms with Crippen LogP contribution in [-0.2, 0) is 0 Å². The van der Waals surface area contributed by atoms with Crippen molar-refractivity contribution < 1.29 is 14.3 Å². The number of aliphatic hydroxyl groups is 1. The van der Waals surface area contributed by atoms with Gasteiger partial charge >= 0.3 is 0 Å². The van der Waals surface area contributed by atoms with Gasteiger partial charge < -0.3 is 10.0 Å². The van der Waals surface area contributed by atoms with E-state index in [9.17, 15) is 9.18 Å². The van der Waals surface area contributed by atoms with E-state index < -0.39 is 5.95 Å². The van der Waals surface area contributed by atoms with Gasteiger partial charge in [0.25, 0.3) is 5.91 Å². The summed E-state index contributed by atoms with van der Waals surface area (Å²) in [7, 11) is 0. The van der Waals surface area contributed by atoms with Crippen LogP contribution in [0.15, 0.2) is 18.2 Å². The standard InChI is InChI=1S/C11H13FN2O2/c12-10-5-1-4-9(13-10)11(16)14-6-2-3-8(14)7-15/h1,4-5,8,15H,2-3,6-7H2/t8-/m0/s1. The number of hydrogen-bond acceptors (Lipinski definition) is 3. The summed E-state index contributed by atoms with van der Waals surface area (Å²) >= 11 is 0. The molecule has 1 aliphatic heterocycles. The summed E-state index contributed by atoms with van der Waals surface area (Å²) in [4.78, 5) is 17.1. The minimum absolute atomic E-state index is 0.0545. The number of halogens is 1. The molecule has 0 spiro atoms. The molecule has 2 heterocycles. The highest BCUT2D eigenvalue weighted by Crippen LogP contribution is 2.18. The summed E-state index contributed by atoms with van der Waals surface area (Å²) in [6.07, 6.45) is 1.66. The minimum atomic E-state index is -0.661. The van der Waals surface area contributed by atoms with Crippen molar-refractivity contribution >= 4 is 5.91 Å². The van der Waals surface area contributed by atoms with Crippen molar-refractivity contribution in [2.24, 2.45) is 0 Å². The van der Waals surface area contributed by atoms with Gasteiger partial charge in [-0.25, -0.2) is 4.98 Å². The highest BCUT2D eigenvalue weighted by Gasteiger charge is 2.29. The third kappa shape index (κ3) is 2.04. The lowest BCUT2D eigenvalue weighted by Gasteiger charge is -2.22. The first-order valence-electron chi connectivity index (χ1n) is 5.27. The first kappa shape index (κ1) is 11.0. The second-order valence-electron chi connectivity index (χ2n) is 3.82. The minimum Gasteiger partial charge on any atom is -0.394 e. The van der Waals surface area contributed by atoms with Gasteiger partial charge in [-0.15, -0.1) is 0 Å². The van der Waals surface area contributed by atoms with E-state index in [4.69, 9.17) is 5.11 Å². The Labute approximate surface area is 92.7 Å². The van der Waals surface area contributed by atoms with E-state index in [-0.39, 0.29) is 24.2 Å². The Morgan fingerprint density at radius 3 is 3.12 bits per heavy atom. The fourth-order valence-corrected chi connectivity index (χ4v) is 1.97. The van der Waals surface area contributed by atoms with Crippen LogP contribution in [0.5, 0.6) is 0 Å². The number of carbonyl (C=O) groups excluding carboxylic acids is 1. The van der Waals surface area contributed by atoms with E-state index in [1.165, 1.54) is 18.2 Å². The summed E-state index contributed by atoms with van der Waals surface area (Å²) in [5.74, 6) is -0.971. The molecule has 1 aromatic rings. The molecule has 1 aliphatic rings. The van der Waals surface area contributed by atoms with E-state index in [1.54, 1.807) is 4.90 Å². The zero-order chi connectivity index (χ0) is 11.5. The number of pyridine rings is 1. The van der Waals surface area contributed by atoms with Crippen LogP contribution in [0.1, 0.15) is 23.3 Å². The number of hydrogen-bond donors (Lipinski definition) is 1. The van der Waals surface area contributed by atoms with Crippen molar-refractivity contribution in [1.29, 1.82) is 0 Å². The fraction of sp³-hybridized carbons (Fsp3) is 0.455. The monoisotopic (exact) mass is 224 g/mol. The number of aromatic nitrogens is 1. The first-order valence-corrected chi connectivity index (χ1v) is 5.27. The second kappa shape index (κ2) is 4.57. The van der Waals surface area contributed by atoms with Gasteiger partial charge in [0.15, 0.2) is 0 Å². The van der Waals surface area contributed by atoms with Gasteiger partial charge in [0, 0.05) is 6.54 Å². The summed E-state index contributed by atoms with van der Waals surface area (Å²) in [6.45, 7) is 0.545. The largest absolute Gasteiger partial charge is 0.394 e. The van der Waals surface area contributed by atoms with Crippen LogP contribution in [0, 0.1) is 5.95 Å². The number of amides is 1. The number of carbonyl (C=O) groups is 1. The summed E-state index contributed by atoms with van der Waals surface area (Å²) in [5.41, 5.74) is 0.0975. The van der Waals surface area contributed by atoms with Crippen molar-refractivity contribution in [3.8, 4) is 0 Å². The fourth-order valence-electron chi connectivity index (χ4n) is 1.97. The molecular weight excluding hydrogens is 211 g/mol. The Kier molecular flexibility index (Phi) is 3.14. The smallest absolute Gasteiger partial charge is 0.272 e. The molecule has 1 aromatic heterocycles. The van der Waals surface area contributed by atoms with Crippen LogP contribution in [0.3, 0.4) is 0 Å². The molecule has 1 atom stereocenters. The van der Waals surface area contributed by atoms with Crippen LogP contribution in [0.4, 0.5) is 4.39 Å². The molecule has 4 nitrogen and oxygen atoms in total. The molecule has 0 aromatic carbocycles. The summed E-state index contributed by atoms with van der Waals surface area (Å²) < 4.78 is 12.9. The molecule has 0 saturated carbocycles. The average molecular weight is 224 g/mol. The summed E-state index contributed by atoms with van der Waals surface area (Å²) in [6, 6.07) is 3.99. The van der Waals surface area contributed by atoms with Crippen LogP contribution in [-0.4, -0.2) is 40.1 Å². The molecule has 1 N–H and O–H groups in total. The third-order valence-electron chi connectivity index (χ3n) is 2.78. The molecule has 1 saturated heterocycles. The van der Waals surface area contributed by atoms with Gasteiger partial charge in [-0.1, -0.05) is 6.07 Å². The zero-order valence-electron chi connectivity index (χ0n) is 8.77. The second-order valence-corrected chi connectivity index (χ2v) is 3.82. The van der Waals surface area contributed by atoms with E-state index in [1.807, 2.05) is 0 Å². The predicted octanol–water partition coefficient (Wildman–Crippen LogP) is 0.818. The van der Waals surface area contributed by atoms with E-state index in [0.717, 1.165) is 12.8 Å². The van der Waals surface area contributed by atoms with Gasteiger partial charge in [0.1, 0.15) is 5.69 Å². The summed E-state index contributed by atoms with van der Waals surface area (Å²) in [5, 5.41) is 9.10. The Morgan fingerprint density at radius 2 is 2.44 bits per heavy atom. The molecule has 0 bridgehead atoms. The van der Waals surface area contributed by atoms with Crippen molar-refractivity contribution in [2.45, 2.75) is 18.9 Å². The predicted molar refractivity (Wildman–Crippen MR) is 55.3 cm³/mol. The van der Waals surface area contributed by atoms with Crippen LogP contribution in [0.25, 0.3) is 0 Å². The van der Waals surface area contributed by atoms with E-state index in [0.29, 0.717) is 6.54 Å². The maximum absolute atomic E-state index is 12.9. The van der Waals surface area contributed by atoms with Crippen molar-refractivity contribution in [3.05, 3.63) is 29.8 Å². The van der Waals surface area contributed by atoms with E-state index in [2.05, 4.69) is 4.98 Å². The highest BCUT2D eigenvalue weighted by molar-refractivity contribution is 5.92. The van der Waals surface area contributed by atoms with Gasteiger partial charge in [-0.3, -0.25) is 4.79 Å². The highest BCUT2D eigenvalue weighted by atomic mass is 19.1. The average Bonchev–Trinajstić information content (AvgIpc) is 2.76. The van der Waals surface area contributed by atoms with Gasteiger partial charge in [-0.2, -0.15) is 4.39 Å². The lowest BCUT2D eigenvalue weighted by molar-refractivity contribution is 0.0670. The van der Waals surface area contributed by atoms with Crippen molar-refractivity contribution in [3.63, 3.8) is 0 Å². The van der Waals surface area contributed by atoms with Crippen molar-refractivity contribution in [1.82, 2.24) is 9.88 Å². The molecule has 86 valence electrons. The normalized spacial score (nSPS) is 20.1. The Hall–Kier alpha value is -1.49. The Morgan fingerprint density at radius 1 is 1.62 bits per heavy atom. The Balaban J connectivity index is 2.18. The molecule has 0 aliphatic carbocycles. The van der Waals surface area contributed by atoms with Crippen LogP contribution >= 0.6 is 0 Å². The molecule has 2 rings (SSSR count). The third-order valence-corrected chi connectivity index (χ3v) is 2.78. The number of nitrogens with zero attached hydrogens (tertiary/aromatic N) is 2.